The van der Waals surface area contributed by atoms with E-state index in [-0.39, 0.29) is 17.3 Å². The smallest absolute Gasteiger partial charge is 0.191 e. The van der Waals surface area contributed by atoms with Gasteiger partial charge in [-0.15, -0.1) is 12.6 Å². The number of anilines is 1. The van der Waals surface area contributed by atoms with Gasteiger partial charge in [0.05, 0.1) is 13.0 Å². The summed E-state index contributed by atoms with van der Waals surface area (Å²) in [5, 5.41) is 8.86. The Labute approximate surface area is 266 Å². The first-order valence-corrected chi connectivity index (χ1v) is 16.0. The van der Waals surface area contributed by atoms with Gasteiger partial charge in [0.1, 0.15) is 0 Å². The summed E-state index contributed by atoms with van der Waals surface area (Å²) in [6.45, 7) is 14.5. The van der Waals surface area contributed by atoms with Gasteiger partial charge in [-0.3, -0.25) is 4.79 Å². The van der Waals surface area contributed by atoms with E-state index < -0.39 is 5.83 Å². The molecule has 1 aromatic rings. The Morgan fingerprint density at radius 3 is 2.40 bits per heavy atom. The van der Waals surface area contributed by atoms with E-state index in [4.69, 9.17) is 22.3 Å². The van der Waals surface area contributed by atoms with Gasteiger partial charge in [0.25, 0.3) is 0 Å². The van der Waals surface area contributed by atoms with E-state index in [9.17, 15) is 4.79 Å². The predicted octanol–water partition coefficient (Wildman–Crippen LogP) is 9.85. The molecule has 0 spiro atoms. The number of allylic oxidation sites excluding steroid dienone is 6. The van der Waals surface area contributed by atoms with E-state index in [1.54, 1.807) is 19.1 Å². The molecular weight excluding hydrogens is 557 g/mol. The fourth-order valence-corrected chi connectivity index (χ4v) is 4.33. The fraction of sp³-hybridized carbons (Fsp3) is 0.500. The van der Waals surface area contributed by atoms with E-state index in [0.29, 0.717) is 29.6 Å². The predicted molar refractivity (Wildman–Crippen MR) is 187 cm³/mol. The van der Waals surface area contributed by atoms with Crippen molar-refractivity contribution in [3.8, 4) is 12.5 Å². The molecule has 1 aromatic carbocycles. The van der Waals surface area contributed by atoms with Gasteiger partial charge in [-0.2, -0.15) is 0 Å². The summed E-state index contributed by atoms with van der Waals surface area (Å²) in [6.07, 6.45) is 21.8. The molecule has 1 atom stereocenters. The average Bonchev–Trinajstić information content (AvgIpc) is 3.86. The molecule has 0 radical (unpaired) electrons. The molecule has 5 nitrogen and oxygen atoms in total. The van der Waals surface area contributed by atoms with Crippen molar-refractivity contribution in [3.05, 3.63) is 71.9 Å². The fourth-order valence-electron chi connectivity index (χ4n) is 4.24. The third-order valence-electron chi connectivity index (χ3n) is 6.95. The summed E-state index contributed by atoms with van der Waals surface area (Å²) in [4.78, 5) is 9.76. The lowest BCUT2D eigenvalue weighted by Gasteiger charge is -2.22. The first kappa shape index (κ1) is 39.8. The zero-order valence-corrected chi connectivity index (χ0v) is 27.8. The van der Waals surface area contributed by atoms with Crippen LogP contribution in [-0.2, 0) is 9.53 Å². The third kappa shape index (κ3) is 17.5. The Hall–Kier alpha value is -3.24. The van der Waals surface area contributed by atoms with E-state index >= 15 is 4.39 Å². The number of terminal acetylenes is 1. The lowest BCUT2D eigenvalue weighted by atomic mass is 9.90. The van der Waals surface area contributed by atoms with Gasteiger partial charge in [0.15, 0.2) is 16.7 Å². The highest BCUT2D eigenvalue weighted by Crippen LogP contribution is 2.34. The molecule has 4 N–H and O–H groups in total. The molecule has 0 amide bonds. The second kappa shape index (κ2) is 24.2. The minimum Gasteiger partial charge on any atom is -0.491 e. The third-order valence-corrected chi connectivity index (χ3v) is 7.14. The number of rotatable bonds is 12. The van der Waals surface area contributed by atoms with Gasteiger partial charge in [0, 0.05) is 29.2 Å². The lowest BCUT2D eigenvalue weighted by molar-refractivity contribution is -0.109. The maximum Gasteiger partial charge on any atom is 0.191 e. The van der Waals surface area contributed by atoms with E-state index in [1.165, 1.54) is 44.6 Å². The highest BCUT2D eigenvalue weighted by molar-refractivity contribution is 7.96. The minimum absolute atomic E-state index is 0.142. The van der Waals surface area contributed by atoms with Crippen molar-refractivity contribution in [1.82, 2.24) is 0 Å². The van der Waals surface area contributed by atoms with Crippen LogP contribution in [0.5, 0.6) is 0 Å². The van der Waals surface area contributed by atoms with Crippen molar-refractivity contribution in [2.24, 2.45) is 23.5 Å². The van der Waals surface area contributed by atoms with Gasteiger partial charge in [-0.05, 0) is 74.1 Å². The van der Waals surface area contributed by atoms with Crippen LogP contribution in [0.15, 0.2) is 66.4 Å². The number of halogens is 1. The van der Waals surface area contributed by atoms with Crippen molar-refractivity contribution in [3.63, 3.8) is 0 Å². The summed E-state index contributed by atoms with van der Waals surface area (Å²) in [6, 6.07) is 9.64. The molecule has 0 bridgehead atoms. The number of nitrogens with one attached hydrogen (secondary N) is 2. The topological polar surface area (TPSA) is 88.2 Å². The summed E-state index contributed by atoms with van der Waals surface area (Å²) < 4.78 is 20.9. The Balaban J connectivity index is 0.000000801. The number of nitrogens with two attached hydrogens (primary N) is 1. The van der Waals surface area contributed by atoms with Crippen LogP contribution in [-0.4, -0.2) is 17.9 Å². The van der Waals surface area contributed by atoms with Crippen LogP contribution < -0.4 is 11.1 Å². The Kier molecular flexibility index (Phi) is 22.4. The molecule has 43 heavy (non-hydrogen) atoms. The van der Waals surface area contributed by atoms with Gasteiger partial charge in [0.2, 0.25) is 0 Å². The molecule has 7 heteroatoms. The SMILES string of the molecule is C#CNc1cccc(/C(C=C)=C(F)/C(=C\C)OCC2CCCCC2)c1.CC.CCC(C)/C=C(\N)C1CC1.N=CCC(=O)S. The number of benzene rings is 1. The van der Waals surface area contributed by atoms with Gasteiger partial charge < -0.3 is 21.2 Å². The van der Waals surface area contributed by atoms with E-state index in [0.717, 1.165) is 36.4 Å². The van der Waals surface area contributed by atoms with Crippen molar-refractivity contribution in [2.75, 3.05) is 11.9 Å². The van der Waals surface area contributed by atoms with Crippen LogP contribution in [0.25, 0.3) is 5.57 Å². The lowest BCUT2D eigenvalue weighted by Crippen LogP contribution is -2.13. The van der Waals surface area contributed by atoms with E-state index in [2.05, 4.69) is 50.5 Å². The summed E-state index contributed by atoms with van der Waals surface area (Å²) in [5.41, 5.74) is 8.79. The zero-order valence-electron chi connectivity index (χ0n) is 26.9. The van der Waals surface area contributed by atoms with Gasteiger partial charge in [-0.1, -0.05) is 90.7 Å². The molecule has 0 aromatic heterocycles. The van der Waals surface area contributed by atoms with Crippen molar-refractivity contribution in [1.29, 1.82) is 5.41 Å². The van der Waals surface area contributed by atoms with Crippen LogP contribution in [0.3, 0.4) is 0 Å². The molecule has 2 fully saturated rings. The van der Waals surface area contributed by atoms with Gasteiger partial charge >= 0.3 is 0 Å². The highest BCUT2D eigenvalue weighted by atomic mass is 32.1. The molecule has 0 saturated heterocycles. The molecule has 0 heterocycles. The van der Waals surface area contributed by atoms with E-state index in [1.807, 2.05) is 32.0 Å². The quantitative estimate of drug-likeness (QED) is 0.0473. The maximum absolute atomic E-state index is 15.0. The summed E-state index contributed by atoms with van der Waals surface area (Å²) in [5.74, 6) is 1.81. The Morgan fingerprint density at radius 1 is 1.28 bits per heavy atom. The van der Waals surface area contributed by atoms with Crippen molar-refractivity contribution >= 4 is 35.2 Å². The standard InChI is InChI=1S/C22H26FNO.C9H17N.C3H5NOS.C2H6/c1-4-20(18-13-10-14-19(15-18)24-6-3)22(23)21(5-2)25-16-17-11-8-7-9-12-17;1-3-7(2)6-9(10)8-4-5-8;4-2-1-3(5)6;1-2/h3-5,10,13-15,17,24H,1,7-9,11-12,16H2,2H3;6-8H,3-5,10H2,1-2H3;2,4H,1H2,(H,5,6);1-2H3/b21-5+,22-20-;9-6-;;. The summed E-state index contributed by atoms with van der Waals surface area (Å²) in [7, 11) is 0. The number of ether oxygens (including phenoxy) is 1. The molecule has 1 unspecified atom stereocenters. The molecule has 2 saturated carbocycles. The van der Waals surface area contributed by atoms with Gasteiger partial charge in [-0.25, -0.2) is 4.39 Å². The number of carbonyl (C=O) groups excluding carboxylic acids is 1. The molecule has 2 aliphatic rings. The Bertz CT molecular complexity index is 1110. The largest absolute Gasteiger partial charge is 0.491 e. The second-order valence-corrected chi connectivity index (χ2v) is 10.9. The number of hydrogen-bond acceptors (Lipinski definition) is 5. The minimum atomic E-state index is -0.397. The summed E-state index contributed by atoms with van der Waals surface area (Å²) >= 11 is 3.39. The average molecular weight is 612 g/mol. The van der Waals surface area contributed by atoms with Crippen LogP contribution in [0.1, 0.15) is 98.0 Å². The van der Waals surface area contributed by atoms with Crippen molar-refractivity contribution in [2.45, 2.75) is 92.4 Å². The monoisotopic (exact) mass is 611 g/mol. The number of carbonyl (C=O) groups is 1. The molecule has 238 valence electrons. The number of thiol groups is 1. The molecule has 2 aliphatic carbocycles. The Morgan fingerprint density at radius 2 is 1.93 bits per heavy atom. The first-order chi connectivity index (χ1) is 20.7. The second-order valence-electron chi connectivity index (χ2n) is 10.4. The molecule has 3 rings (SSSR count). The van der Waals surface area contributed by atoms with Crippen LogP contribution >= 0.6 is 12.6 Å². The van der Waals surface area contributed by atoms with Crippen LogP contribution in [0, 0.1) is 35.6 Å². The maximum atomic E-state index is 15.0. The number of hydrogen-bond donors (Lipinski definition) is 4. The first-order valence-electron chi connectivity index (χ1n) is 15.5. The molecular formula is C36H54FN3O2S. The van der Waals surface area contributed by atoms with Crippen LogP contribution in [0.2, 0.25) is 0 Å². The zero-order chi connectivity index (χ0) is 32.6. The normalized spacial score (nSPS) is 16.1. The highest BCUT2D eigenvalue weighted by Gasteiger charge is 2.24. The van der Waals surface area contributed by atoms with Crippen molar-refractivity contribution < 1.29 is 13.9 Å². The molecule has 0 aliphatic heterocycles. The van der Waals surface area contributed by atoms with Crippen LogP contribution in [0.4, 0.5) is 10.1 Å².